The second-order valence-corrected chi connectivity index (χ2v) is 8.37. The van der Waals surface area contributed by atoms with Crippen LogP contribution in [0.4, 0.5) is 5.69 Å². The molecule has 0 saturated heterocycles. The Balaban J connectivity index is 1.53. The summed E-state index contributed by atoms with van der Waals surface area (Å²) in [4.78, 5) is 25.0. The number of carbonyl (C=O) groups excluding carboxylic acids is 2. The van der Waals surface area contributed by atoms with E-state index >= 15 is 0 Å². The van der Waals surface area contributed by atoms with E-state index in [1.807, 2.05) is 25.1 Å². The fourth-order valence-corrected chi connectivity index (χ4v) is 4.14. The Kier molecular flexibility index (Phi) is 7.80. The topological polar surface area (TPSA) is 108 Å². The number of hydrogen-bond acceptors (Lipinski definition) is 4. The molecule has 1 saturated carbocycles. The van der Waals surface area contributed by atoms with Gasteiger partial charge in [0.1, 0.15) is 0 Å². The Labute approximate surface area is 183 Å². The molecule has 0 radical (unpaired) electrons. The van der Waals surface area contributed by atoms with Gasteiger partial charge in [-0.2, -0.15) is 5.26 Å². The average molecular weight is 419 g/mol. The molecule has 6 nitrogen and oxygen atoms in total. The molecule has 0 bridgehead atoms. The lowest BCUT2D eigenvalue weighted by atomic mass is 9.81. The summed E-state index contributed by atoms with van der Waals surface area (Å²) in [5.41, 5.74) is 8.21. The molecule has 1 fully saturated rings. The number of amides is 2. The van der Waals surface area contributed by atoms with Crippen LogP contribution in [0, 0.1) is 23.2 Å². The molecule has 1 aliphatic rings. The van der Waals surface area contributed by atoms with E-state index in [0.717, 1.165) is 24.9 Å². The lowest BCUT2D eigenvalue weighted by Crippen LogP contribution is -2.35. The lowest BCUT2D eigenvalue weighted by Gasteiger charge is -2.28. The summed E-state index contributed by atoms with van der Waals surface area (Å²) < 4.78 is 0. The molecule has 0 heterocycles. The summed E-state index contributed by atoms with van der Waals surface area (Å²) in [6.07, 6.45) is 4.63. The number of benzene rings is 2. The Hall–Kier alpha value is -3.17. The van der Waals surface area contributed by atoms with Crippen LogP contribution in [-0.4, -0.2) is 24.9 Å². The molecule has 3 unspecified atom stereocenters. The quantitative estimate of drug-likeness (QED) is 0.635. The molecule has 0 aromatic heterocycles. The van der Waals surface area contributed by atoms with E-state index in [0.29, 0.717) is 35.2 Å². The summed E-state index contributed by atoms with van der Waals surface area (Å²) >= 11 is 0. The van der Waals surface area contributed by atoms with Gasteiger partial charge in [-0.15, -0.1) is 0 Å². The molecule has 0 aliphatic heterocycles. The molecule has 162 valence electrons. The normalized spacial score (nSPS) is 19.1. The molecule has 2 aromatic rings. The average Bonchev–Trinajstić information content (AvgIpc) is 2.82. The summed E-state index contributed by atoms with van der Waals surface area (Å²) in [7, 11) is 0. The molecule has 3 rings (SSSR count). The van der Waals surface area contributed by atoms with E-state index < -0.39 is 0 Å². The second-order valence-electron chi connectivity index (χ2n) is 8.37. The predicted octanol–water partition coefficient (Wildman–Crippen LogP) is 3.80. The summed E-state index contributed by atoms with van der Waals surface area (Å²) in [5, 5.41) is 14.9. The maximum absolute atomic E-state index is 12.6. The van der Waals surface area contributed by atoms with Crippen LogP contribution < -0.4 is 16.4 Å². The highest BCUT2D eigenvalue weighted by Crippen LogP contribution is 2.28. The van der Waals surface area contributed by atoms with Crippen molar-refractivity contribution in [3.05, 3.63) is 65.2 Å². The van der Waals surface area contributed by atoms with Crippen LogP contribution in [-0.2, 0) is 4.79 Å². The van der Waals surface area contributed by atoms with Crippen molar-refractivity contribution >= 4 is 17.5 Å². The third-order valence-corrected chi connectivity index (χ3v) is 6.11. The van der Waals surface area contributed by atoms with E-state index in [1.54, 1.807) is 36.4 Å². The van der Waals surface area contributed by atoms with Crippen LogP contribution in [0.1, 0.15) is 60.0 Å². The second kappa shape index (κ2) is 10.7. The highest BCUT2D eigenvalue weighted by atomic mass is 16.2. The van der Waals surface area contributed by atoms with E-state index in [9.17, 15) is 9.59 Å². The first-order valence-electron chi connectivity index (χ1n) is 10.9. The minimum atomic E-state index is -0.279. The van der Waals surface area contributed by atoms with Crippen LogP contribution in [0.15, 0.2) is 48.5 Å². The van der Waals surface area contributed by atoms with Crippen LogP contribution >= 0.6 is 0 Å². The largest absolute Gasteiger partial charge is 0.355 e. The van der Waals surface area contributed by atoms with Crippen molar-refractivity contribution in [2.24, 2.45) is 17.6 Å². The molecule has 2 aromatic carbocycles. The van der Waals surface area contributed by atoms with Crippen molar-refractivity contribution in [2.75, 3.05) is 18.4 Å². The van der Waals surface area contributed by atoms with Crippen molar-refractivity contribution in [1.82, 2.24) is 5.32 Å². The van der Waals surface area contributed by atoms with Crippen molar-refractivity contribution in [3.8, 4) is 6.07 Å². The Bertz CT molecular complexity index is 949. The number of hydrogen-bond donors (Lipinski definition) is 3. The first kappa shape index (κ1) is 22.5. The monoisotopic (exact) mass is 418 g/mol. The standard InChI is InChI=1S/C25H30N4O2/c1-17(24(30)28-16-20-6-2-4-18(12-20)14-26)21-8-10-23(11-9-21)29-25(31)22-7-3-5-19(13-22)15-27/h3,5,7-11,13,17-18,20H,2,4,6,12,14,16,26H2,1H3,(H,28,30)(H,29,31). The fourth-order valence-electron chi connectivity index (χ4n) is 4.14. The number of carbonyl (C=O) groups is 2. The van der Waals surface area contributed by atoms with Gasteiger partial charge in [0.05, 0.1) is 17.6 Å². The Morgan fingerprint density at radius 3 is 2.61 bits per heavy atom. The van der Waals surface area contributed by atoms with Crippen molar-refractivity contribution in [2.45, 2.75) is 38.5 Å². The maximum atomic E-state index is 12.6. The molecule has 0 spiro atoms. The van der Waals surface area contributed by atoms with Gasteiger partial charge in [-0.25, -0.2) is 0 Å². The maximum Gasteiger partial charge on any atom is 0.255 e. The zero-order chi connectivity index (χ0) is 22.2. The number of nitrogens with zero attached hydrogens (tertiary/aromatic N) is 1. The van der Waals surface area contributed by atoms with Gasteiger partial charge in [-0.3, -0.25) is 9.59 Å². The third-order valence-electron chi connectivity index (χ3n) is 6.11. The van der Waals surface area contributed by atoms with Crippen LogP contribution in [0.2, 0.25) is 0 Å². The summed E-state index contributed by atoms with van der Waals surface area (Å²) in [5.74, 6) is 0.554. The van der Waals surface area contributed by atoms with E-state index in [1.165, 1.54) is 12.8 Å². The highest BCUT2D eigenvalue weighted by Gasteiger charge is 2.22. The minimum Gasteiger partial charge on any atom is -0.355 e. The molecular weight excluding hydrogens is 388 g/mol. The molecule has 6 heteroatoms. The van der Waals surface area contributed by atoms with Gasteiger partial charge >= 0.3 is 0 Å². The number of nitrogens with one attached hydrogen (secondary N) is 2. The molecule has 31 heavy (non-hydrogen) atoms. The van der Waals surface area contributed by atoms with E-state index in [4.69, 9.17) is 11.0 Å². The molecule has 2 amide bonds. The zero-order valence-corrected chi connectivity index (χ0v) is 17.9. The zero-order valence-electron chi connectivity index (χ0n) is 17.9. The smallest absolute Gasteiger partial charge is 0.255 e. The van der Waals surface area contributed by atoms with Gasteiger partial charge in [0.2, 0.25) is 5.91 Å². The van der Waals surface area contributed by atoms with Gasteiger partial charge in [0, 0.05) is 17.8 Å². The number of nitrogens with two attached hydrogens (primary N) is 1. The SMILES string of the molecule is CC(C(=O)NCC1CCCC(CN)C1)c1ccc(NC(=O)c2cccc(C#N)c2)cc1. The van der Waals surface area contributed by atoms with E-state index in [-0.39, 0.29) is 17.7 Å². The van der Waals surface area contributed by atoms with E-state index in [2.05, 4.69) is 10.6 Å². The molecule has 1 aliphatic carbocycles. The predicted molar refractivity (Wildman–Crippen MR) is 121 cm³/mol. The first-order chi connectivity index (χ1) is 15.0. The Morgan fingerprint density at radius 2 is 1.90 bits per heavy atom. The number of nitriles is 1. The molecule has 3 atom stereocenters. The van der Waals surface area contributed by atoms with Gasteiger partial charge < -0.3 is 16.4 Å². The Morgan fingerprint density at radius 1 is 1.16 bits per heavy atom. The third kappa shape index (κ3) is 6.16. The summed E-state index contributed by atoms with van der Waals surface area (Å²) in [6, 6.07) is 15.9. The van der Waals surface area contributed by atoms with Crippen LogP contribution in [0.3, 0.4) is 0 Å². The minimum absolute atomic E-state index is 0.0139. The van der Waals surface area contributed by atoms with Gasteiger partial charge in [-0.05, 0) is 80.5 Å². The number of rotatable bonds is 7. The highest BCUT2D eigenvalue weighted by molar-refractivity contribution is 6.04. The molecule has 4 N–H and O–H groups in total. The fraction of sp³-hybridized carbons (Fsp3) is 0.400. The van der Waals surface area contributed by atoms with Crippen molar-refractivity contribution < 1.29 is 9.59 Å². The molecular formula is C25H30N4O2. The van der Waals surface area contributed by atoms with Gasteiger partial charge in [0.25, 0.3) is 5.91 Å². The number of anilines is 1. The van der Waals surface area contributed by atoms with Crippen molar-refractivity contribution in [1.29, 1.82) is 5.26 Å². The first-order valence-corrected chi connectivity index (χ1v) is 10.9. The van der Waals surface area contributed by atoms with Gasteiger partial charge in [0.15, 0.2) is 0 Å². The van der Waals surface area contributed by atoms with Gasteiger partial charge in [-0.1, -0.05) is 24.6 Å². The van der Waals surface area contributed by atoms with Crippen LogP contribution in [0.25, 0.3) is 0 Å². The lowest BCUT2D eigenvalue weighted by molar-refractivity contribution is -0.122. The van der Waals surface area contributed by atoms with Crippen molar-refractivity contribution in [3.63, 3.8) is 0 Å². The summed E-state index contributed by atoms with van der Waals surface area (Å²) in [6.45, 7) is 3.32. The van der Waals surface area contributed by atoms with Crippen LogP contribution in [0.5, 0.6) is 0 Å².